The first-order chi connectivity index (χ1) is 14.2. The van der Waals surface area contributed by atoms with E-state index in [1.54, 1.807) is 0 Å². The molecule has 0 aliphatic carbocycles. The standard InChI is InChI=1S/C25H47N2O2/c1-3-4-5-6-7-8-9-10-11-12-13-14-15-16-19-25-27(21-23(2)29-25)22-26-20-17-18-24(26)28/h23H,3-22H2,1-2H3/q+1. The molecule has 2 aliphatic heterocycles. The van der Waals surface area contributed by atoms with E-state index in [-0.39, 0.29) is 6.10 Å². The summed E-state index contributed by atoms with van der Waals surface area (Å²) in [4.78, 5) is 13.9. The number of unbranched alkanes of at least 4 members (excludes halogenated alkanes) is 13. The number of amides is 1. The fraction of sp³-hybridized carbons (Fsp3) is 0.920. The number of carbonyl (C=O) groups excluding carboxylic acids is 1. The van der Waals surface area contributed by atoms with Crippen molar-refractivity contribution in [3.63, 3.8) is 0 Å². The van der Waals surface area contributed by atoms with E-state index in [4.69, 9.17) is 4.74 Å². The van der Waals surface area contributed by atoms with E-state index >= 15 is 0 Å². The van der Waals surface area contributed by atoms with Crippen molar-refractivity contribution in [3.05, 3.63) is 0 Å². The van der Waals surface area contributed by atoms with Gasteiger partial charge >= 0.3 is 5.90 Å². The van der Waals surface area contributed by atoms with Gasteiger partial charge in [-0.3, -0.25) is 9.69 Å². The van der Waals surface area contributed by atoms with Crippen LogP contribution in [-0.2, 0) is 9.53 Å². The van der Waals surface area contributed by atoms with Crippen molar-refractivity contribution in [1.82, 2.24) is 4.90 Å². The molecule has 0 radical (unpaired) electrons. The number of nitrogens with zero attached hydrogens (tertiary/aromatic N) is 2. The molecule has 0 aromatic rings. The third-order valence-electron chi connectivity index (χ3n) is 6.42. The van der Waals surface area contributed by atoms with Crippen molar-refractivity contribution >= 4 is 11.8 Å². The predicted octanol–water partition coefficient (Wildman–Crippen LogP) is 6.27. The number of rotatable bonds is 17. The van der Waals surface area contributed by atoms with Crippen LogP contribution < -0.4 is 0 Å². The maximum absolute atomic E-state index is 11.9. The molecule has 0 N–H and O–H groups in total. The average molecular weight is 408 g/mol. The fourth-order valence-electron chi connectivity index (χ4n) is 4.64. The van der Waals surface area contributed by atoms with Crippen molar-refractivity contribution in [2.24, 2.45) is 0 Å². The van der Waals surface area contributed by atoms with Gasteiger partial charge in [-0.2, -0.15) is 4.58 Å². The molecule has 4 heteroatoms. The summed E-state index contributed by atoms with van der Waals surface area (Å²) < 4.78 is 8.34. The van der Waals surface area contributed by atoms with Gasteiger partial charge in [-0.15, -0.1) is 0 Å². The van der Waals surface area contributed by atoms with Gasteiger partial charge in [0.1, 0.15) is 0 Å². The molecule has 1 saturated heterocycles. The van der Waals surface area contributed by atoms with Crippen LogP contribution in [0, 0.1) is 0 Å². The highest BCUT2D eigenvalue weighted by atomic mass is 16.5. The molecule has 1 amide bonds. The molecule has 2 rings (SSSR count). The number of likely N-dealkylation sites (tertiary alicyclic amines) is 1. The van der Waals surface area contributed by atoms with Crippen LogP contribution in [0.15, 0.2) is 0 Å². The Morgan fingerprint density at radius 3 is 1.97 bits per heavy atom. The summed E-state index contributed by atoms with van der Waals surface area (Å²) in [6.07, 6.45) is 22.5. The van der Waals surface area contributed by atoms with Crippen molar-refractivity contribution in [3.8, 4) is 0 Å². The van der Waals surface area contributed by atoms with Gasteiger partial charge in [0.15, 0.2) is 12.6 Å². The van der Waals surface area contributed by atoms with Crippen LogP contribution in [0.4, 0.5) is 0 Å². The molecule has 4 nitrogen and oxygen atoms in total. The summed E-state index contributed by atoms with van der Waals surface area (Å²) in [7, 11) is 0. The first-order valence-electron chi connectivity index (χ1n) is 12.8. The lowest BCUT2D eigenvalue weighted by Gasteiger charge is -2.12. The van der Waals surface area contributed by atoms with Crippen LogP contribution in [0.1, 0.15) is 123 Å². The van der Waals surface area contributed by atoms with Gasteiger partial charge in [-0.1, -0.05) is 90.4 Å². The Labute approximate surface area is 180 Å². The molecule has 0 aromatic heterocycles. The largest absolute Gasteiger partial charge is 0.438 e. The average Bonchev–Trinajstić information content (AvgIpc) is 3.27. The van der Waals surface area contributed by atoms with Gasteiger partial charge in [0, 0.05) is 13.0 Å². The topological polar surface area (TPSA) is 32.5 Å². The smallest absolute Gasteiger partial charge is 0.338 e. The van der Waals surface area contributed by atoms with E-state index in [0.717, 1.165) is 44.9 Å². The van der Waals surface area contributed by atoms with Gasteiger partial charge in [0.25, 0.3) is 0 Å². The van der Waals surface area contributed by atoms with E-state index in [0.29, 0.717) is 5.91 Å². The van der Waals surface area contributed by atoms with Gasteiger partial charge in [-0.05, 0) is 19.8 Å². The molecular weight excluding hydrogens is 360 g/mol. The quantitative estimate of drug-likeness (QED) is 0.210. The minimum Gasteiger partial charge on any atom is -0.438 e. The molecule has 0 saturated carbocycles. The molecule has 2 aliphatic rings. The lowest BCUT2D eigenvalue weighted by molar-refractivity contribution is -0.539. The van der Waals surface area contributed by atoms with Gasteiger partial charge in [0.2, 0.25) is 12.6 Å². The molecular formula is C25H47N2O2+. The zero-order valence-corrected chi connectivity index (χ0v) is 19.4. The van der Waals surface area contributed by atoms with Crippen LogP contribution in [0.5, 0.6) is 0 Å². The summed E-state index contributed by atoms with van der Waals surface area (Å²) in [6, 6.07) is 0. The summed E-state index contributed by atoms with van der Waals surface area (Å²) in [5, 5.41) is 0. The van der Waals surface area contributed by atoms with E-state index in [1.807, 2.05) is 4.90 Å². The molecule has 0 spiro atoms. The van der Waals surface area contributed by atoms with Crippen LogP contribution in [0.3, 0.4) is 0 Å². The zero-order chi connectivity index (χ0) is 20.7. The van der Waals surface area contributed by atoms with Gasteiger partial charge < -0.3 is 4.74 Å². The van der Waals surface area contributed by atoms with Crippen LogP contribution in [0.25, 0.3) is 0 Å². The first kappa shape index (κ1) is 24.2. The molecule has 168 valence electrons. The van der Waals surface area contributed by atoms with Gasteiger partial charge in [-0.25, -0.2) is 0 Å². The number of ether oxygens (including phenoxy) is 1. The predicted molar refractivity (Wildman–Crippen MR) is 121 cm³/mol. The second kappa shape index (κ2) is 14.8. The Morgan fingerprint density at radius 1 is 0.897 bits per heavy atom. The maximum Gasteiger partial charge on any atom is 0.338 e. The lowest BCUT2D eigenvalue weighted by atomic mass is 10.0. The lowest BCUT2D eigenvalue weighted by Crippen LogP contribution is -2.35. The molecule has 1 atom stereocenters. The monoisotopic (exact) mass is 407 g/mol. The van der Waals surface area contributed by atoms with E-state index in [9.17, 15) is 4.79 Å². The Balaban J connectivity index is 1.45. The molecule has 1 unspecified atom stereocenters. The summed E-state index contributed by atoms with van der Waals surface area (Å²) in [5.74, 6) is 1.43. The molecule has 0 aromatic carbocycles. The highest BCUT2D eigenvalue weighted by Crippen LogP contribution is 2.16. The highest BCUT2D eigenvalue weighted by molar-refractivity contribution is 5.78. The SMILES string of the molecule is CCCCCCCCCCCCCCCCC1=[N+](CN2CCCC2=O)CC(C)O1. The Bertz CT molecular complexity index is 489. The van der Waals surface area contributed by atoms with Crippen LogP contribution >= 0.6 is 0 Å². The van der Waals surface area contributed by atoms with Crippen molar-refractivity contribution in [2.75, 3.05) is 19.8 Å². The third-order valence-corrected chi connectivity index (χ3v) is 6.42. The van der Waals surface area contributed by atoms with E-state index in [2.05, 4.69) is 18.4 Å². The molecule has 29 heavy (non-hydrogen) atoms. The summed E-state index contributed by atoms with van der Waals surface area (Å²) >= 11 is 0. The van der Waals surface area contributed by atoms with Crippen molar-refractivity contribution in [1.29, 1.82) is 0 Å². The minimum atomic E-state index is 0.259. The first-order valence-corrected chi connectivity index (χ1v) is 12.8. The summed E-state index contributed by atoms with van der Waals surface area (Å²) in [6.45, 7) is 7.00. The van der Waals surface area contributed by atoms with Crippen molar-refractivity contribution < 1.29 is 14.1 Å². The second-order valence-corrected chi connectivity index (χ2v) is 9.29. The Hall–Kier alpha value is -1.06. The van der Waals surface area contributed by atoms with Crippen molar-refractivity contribution in [2.45, 2.75) is 129 Å². The molecule has 0 bridgehead atoms. The third kappa shape index (κ3) is 10.00. The van der Waals surface area contributed by atoms with E-state index in [1.165, 1.54) is 89.9 Å². The number of hydrogen-bond donors (Lipinski definition) is 0. The number of hydrogen-bond acceptors (Lipinski definition) is 2. The zero-order valence-electron chi connectivity index (χ0n) is 19.4. The van der Waals surface area contributed by atoms with E-state index < -0.39 is 0 Å². The minimum absolute atomic E-state index is 0.259. The normalized spacial score (nSPS) is 19.4. The number of carbonyl (C=O) groups is 1. The molecule has 2 heterocycles. The highest BCUT2D eigenvalue weighted by Gasteiger charge is 2.33. The maximum atomic E-state index is 11.9. The van der Waals surface area contributed by atoms with Crippen LogP contribution in [-0.4, -0.2) is 47.1 Å². The fourth-order valence-corrected chi connectivity index (χ4v) is 4.64. The second-order valence-electron chi connectivity index (χ2n) is 9.29. The Kier molecular flexibility index (Phi) is 12.4. The molecule has 1 fully saturated rings. The summed E-state index contributed by atoms with van der Waals surface area (Å²) in [5.41, 5.74) is 0. The van der Waals surface area contributed by atoms with Gasteiger partial charge in [0.05, 0.1) is 6.42 Å². The van der Waals surface area contributed by atoms with Crippen LogP contribution in [0.2, 0.25) is 0 Å². The Morgan fingerprint density at radius 2 is 1.45 bits per heavy atom.